The molecule has 2 rings (SSSR count). The summed E-state index contributed by atoms with van der Waals surface area (Å²) >= 11 is 0. The molecule has 0 saturated heterocycles. The maximum absolute atomic E-state index is 5.44. The quantitative estimate of drug-likeness (QED) is 0.765. The Morgan fingerprint density at radius 2 is 1.61 bits per heavy atom. The van der Waals surface area contributed by atoms with E-state index in [-0.39, 0.29) is 0 Å². The predicted molar refractivity (Wildman–Crippen MR) is 77.3 cm³/mol. The fourth-order valence-electron chi connectivity index (χ4n) is 2.59. The van der Waals surface area contributed by atoms with Crippen molar-refractivity contribution in [2.75, 3.05) is 7.11 Å². The Morgan fingerprint density at radius 1 is 1.00 bits per heavy atom. The highest BCUT2D eigenvalue weighted by atomic mass is 16.5. The first-order chi connectivity index (χ1) is 8.67. The number of hydrogen-bond acceptors (Lipinski definition) is 1. The minimum Gasteiger partial charge on any atom is -0.496 e. The summed E-state index contributed by atoms with van der Waals surface area (Å²) in [5, 5.41) is 0. The number of hydrogen-bond donors (Lipinski definition) is 0. The van der Waals surface area contributed by atoms with Gasteiger partial charge in [-0.2, -0.15) is 0 Å². The Balaban J connectivity index is 2.58. The van der Waals surface area contributed by atoms with Gasteiger partial charge in [0, 0.05) is 5.56 Å². The average Bonchev–Trinajstić information content (AvgIpc) is 2.38. The van der Waals surface area contributed by atoms with Crippen molar-refractivity contribution in [1.29, 1.82) is 0 Å². The third-order valence-corrected chi connectivity index (χ3v) is 3.47. The zero-order valence-electron chi connectivity index (χ0n) is 11.6. The third kappa shape index (κ3) is 2.26. The van der Waals surface area contributed by atoms with Gasteiger partial charge in [0.2, 0.25) is 0 Å². The van der Waals surface area contributed by atoms with E-state index in [2.05, 4.69) is 45.0 Å². The van der Waals surface area contributed by atoms with E-state index in [1.165, 1.54) is 22.3 Å². The molecule has 2 aromatic rings. The predicted octanol–water partition coefficient (Wildman–Crippen LogP) is 4.54. The van der Waals surface area contributed by atoms with Gasteiger partial charge in [-0.05, 0) is 48.6 Å². The molecule has 0 radical (unpaired) electrons. The van der Waals surface area contributed by atoms with Crippen LogP contribution in [-0.2, 0) is 6.42 Å². The molecule has 0 aliphatic heterocycles. The molecule has 0 aliphatic rings. The van der Waals surface area contributed by atoms with Crippen LogP contribution in [0.15, 0.2) is 36.4 Å². The summed E-state index contributed by atoms with van der Waals surface area (Å²) in [6.07, 6.45) is 1.09. The van der Waals surface area contributed by atoms with E-state index in [0.29, 0.717) is 0 Å². The largest absolute Gasteiger partial charge is 0.496 e. The Hall–Kier alpha value is -1.76. The monoisotopic (exact) mass is 240 g/mol. The van der Waals surface area contributed by atoms with Crippen LogP contribution in [0, 0.1) is 13.8 Å². The highest BCUT2D eigenvalue weighted by molar-refractivity contribution is 5.72. The topological polar surface area (TPSA) is 9.23 Å². The van der Waals surface area contributed by atoms with Crippen LogP contribution >= 0.6 is 0 Å². The van der Waals surface area contributed by atoms with Crippen LogP contribution in [0.5, 0.6) is 5.75 Å². The van der Waals surface area contributed by atoms with Gasteiger partial charge in [-0.15, -0.1) is 0 Å². The Labute approximate surface area is 109 Å². The van der Waals surface area contributed by atoms with Crippen molar-refractivity contribution in [3.05, 3.63) is 53.1 Å². The summed E-state index contributed by atoms with van der Waals surface area (Å²) in [5.74, 6) is 0.931. The summed E-state index contributed by atoms with van der Waals surface area (Å²) in [5.41, 5.74) is 6.57. The lowest BCUT2D eigenvalue weighted by Gasteiger charge is -2.13. The normalized spacial score (nSPS) is 10.4. The molecular formula is C17H20O. The first kappa shape index (κ1) is 12.7. The minimum atomic E-state index is 0.931. The summed E-state index contributed by atoms with van der Waals surface area (Å²) in [6, 6.07) is 12.7. The molecule has 0 amide bonds. The van der Waals surface area contributed by atoms with E-state index in [9.17, 15) is 0 Å². The number of rotatable bonds is 3. The second kappa shape index (κ2) is 5.26. The molecule has 0 heterocycles. The lowest BCUT2D eigenvalue weighted by atomic mass is 9.94. The van der Waals surface area contributed by atoms with Gasteiger partial charge in [0.1, 0.15) is 5.75 Å². The highest BCUT2D eigenvalue weighted by Gasteiger charge is 2.08. The highest BCUT2D eigenvalue weighted by Crippen LogP contribution is 2.32. The molecule has 0 N–H and O–H groups in total. The van der Waals surface area contributed by atoms with Crippen molar-refractivity contribution in [3.8, 4) is 16.9 Å². The number of benzene rings is 2. The summed E-state index contributed by atoms with van der Waals surface area (Å²) in [6.45, 7) is 6.58. The van der Waals surface area contributed by atoms with Crippen LogP contribution in [0.2, 0.25) is 0 Å². The molecule has 18 heavy (non-hydrogen) atoms. The average molecular weight is 240 g/mol. The molecule has 0 atom stereocenters. The van der Waals surface area contributed by atoms with Crippen LogP contribution in [0.3, 0.4) is 0 Å². The van der Waals surface area contributed by atoms with E-state index < -0.39 is 0 Å². The zero-order valence-corrected chi connectivity index (χ0v) is 11.6. The van der Waals surface area contributed by atoms with Gasteiger partial charge in [-0.1, -0.05) is 37.3 Å². The molecule has 1 nitrogen and oxygen atoms in total. The third-order valence-electron chi connectivity index (χ3n) is 3.47. The molecule has 0 fully saturated rings. The Kier molecular flexibility index (Phi) is 3.71. The van der Waals surface area contributed by atoms with Gasteiger partial charge in [0.05, 0.1) is 7.11 Å². The lowest BCUT2D eigenvalue weighted by Crippen LogP contribution is -1.94. The first-order valence-electron chi connectivity index (χ1n) is 6.41. The second-order valence-corrected chi connectivity index (χ2v) is 4.64. The number of ether oxygens (including phenoxy) is 1. The van der Waals surface area contributed by atoms with Crippen LogP contribution in [0.4, 0.5) is 0 Å². The van der Waals surface area contributed by atoms with Crippen LogP contribution in [-0.4, -0.2) is 7.11 Å². The first-order valence-corrected chi connectivity index (χ1v) is 6.41. The van der Waals surface area contributed by atoms with Crippen molar-refractivity contribution in [1.82, 2.24) is 0 Å². The van der Waals surface area contributed by atoms with Gasteiger partial charge in [0.25, 0.3) is 0 Å². The van der Waals surface area contributed by atoms with E-state index >= 15 is 0 Å². The molecule has 0 aliphatic carbocycles. The SMILES string of the molecule is CCc1c(C)cc(-c2ccccc2OC)cc1C. The Morgan fingerprint density at radius 3 is 2.17 bits per heavy atom. The van der Waals surface area contributed by atoms with Crippen LogP contribution in [0.1, 0.15) is 23.6 Å². The van der Waals surface area contributed by atoms with Crippen LogP contribution in [0.25, 0.3) is 11.1 Å². The van der Waals surface area contributed by atoms with Gasteiger partial charge in [-0.25, -0.2) is 0 Å². The fraction of sp³-hybridized carbons (Fsp3) is 0.294. The van der Waals surface area contributed by atoms with Gasteiger partial charge in [0.15, 0.2) is 0 Å². The molecule has 0 aromatic heterocycles. The van der Waals surface area contributed by atoms with Crippen molar-refractivity contribution in [3.63, 3.8) is 0 Å². The maximum atomic E-state index is 5.44. The van der Waals surface area contributed by atoms with Gasteiger partial charge >= 0.3 is 0 Å². The smallest absolute Gasteiger partial charge is 0.126 e. The number of para-hydroxylation sites is 1. The molecule has 0 bridgehead atoms. The molecule has 0 spiro atoms. The molecule has 94 valence electrons. The van der Waals surface area contributed by atoms with Crippen molar-refractivity contribution in [2.24, 2.45) is 0 Å². The van der Waals surface area contributed by atoms with Crippen molar-refractivity contribution in [2.45, 2.75) is 27.2 Å². The lowest BCUT2D eigenvalue weighted by molar-refractivity contribution is 0.416. The summed E-state index contributed by atoms with van der Waals surface area (Å²) in [4.78, 5) is 0. The standard InChI is InChI=1S/C17H20O/c1-5-15-12(2)10-14(11-13(15)3)16-8-6-7-9-17(16)18-4/h6-11H,5H2,1-4H3. The number of aryl methyl sites for hydroxylation is 2. The minimum absolute atomic E-state index is 0.931. The van der Waals surface area contributed by atoms with Gasteiger partial charge in [-0.3, -0.25) is 0 Å². The van der Waals surface area contributed by atoms with E-state index in [1.807, 2.05) is 12.1 Å². The summed E-state index contributed by atoms with van der Waals surface area (Å²) < 4.78 is 5.44. The molecular weight excluding hydrogens is 220 g/mol. The fourth-order valence-corrected chi connectivity index (χ4v) is 2.59. The molecule has 0 unspecified atom stereocenters. The zero-order chi connectivity index (χ0) is 13.1. The van der Waals surface area contributed by atoms with Crippen molar-refractivity contribution < 1.29 is 4.74 Å². The van der Waals surface area contributed by atoms with Gasteiger partial charge < -0.3 is 4.74 Å². The van der Waals surface area contributed by atoms with E-state index in [4.69, 9.17) is 4.74 Å². The van der Waals surface area contributed by atoms with E-state index in [0.717, 1.165) is 17.7 Å². The molecule has 2 aromatic carbocycles. The van der Waals surface area contributed by atoms with Crippen molar-refractivity contribution >= 4 is 0 Å². The Bertz CT molecular complexity index is 532. The molecule has 0 saturated carbocycles. The maximum Gasteiger partial charge on any atom is 0.126 e. The second-order valence-electron chi connectivity index (χ2n) is 4.64. The van der Waals surface area contributed by atoms with Crippen LogP contribution < -0.4 is 4.74 Å². The summed E-state index contributed by atoms with van der Waals surface area (Å²) in [7, 11) is 1.72. The molecule has 1 heteroatoms. The number of methoxy groups -OCH3 is 1. The van der Waals surface area contributed by atoms with E-state index in [1.54, 1.807) is 7.11 Å².